The summed E-state index contributed by atoms with van der Waals surface area (Å²) in [5.41, 5.74) is 3.83. The lowest BCUT2D eigenvalue weighted by Gasteiger charge is -2.24. The Morgan fingerprint density at radius 3 is 1.84 bits per heavy atom. The molecule has 0 aliphatic rings. The van der Waals surface area contributed by atoms with Crippen LogP contribution in [0.4, 0.5) is 5.69 Å². The first-order valence-electron chi connectivity index (χ1n) is 11.2. The number of carbonyl (C=O) groups is 3. The molecule has 0 aromatic heterocycles. The van der Waals surface area contributed by atoms with Crippen LogP contribution >= 0.6 is 31.9 Å². The van der Waals surface area contributed by atoms with Gasteiger partial charge in [0.1, 0.15) is 0 Å². The Morgan fingerprint density at radius 2 is 1.50 bits per heavy atom. The molecule has 5 nitrogen and oxygen atoms in total. The number of allylic oxidation sites excluding steroid dienone is 1. The van der Waals surface area contributed by atoms with Crippen molar-refractivity contribution in [3.05, 3.63) is 37.3 Å². The van der Waals surface area contributed by atoms with Gasteiger partial charge in [-0.15, -0.1) is 0 Å². The van der Waals surface area contributed by atoms with Crippen LogP contribution in [0.5, 0.6) is 0 Å². The van der Waals surface area contributed by atoms with Gasteiger partial charge in [-0.05, 0) is 78.7 Å². The van der Waals surface area contributed by atoms with E-state index < -0.39 is 17.8 Å². The summed E-state index contributed by atoms with van der Waals surface area (Å²) in [5.74, 6) is -1.85. The first-order valence-corrected chi connectivity index (χ1v) is 12.8. The number of hydrogen-bond donors (Lipinski definition) is 1. The van der Waals surface area contributed by atoms with Crippen LogP contribution in [0, 0.1) is 26.7 Å². The smallest absolute Gasteiger partial charge is 0.306 e. The highest BCUT2D eigenvalue weighted by Crippen LogP contribution is 2.33. The summed E-state index contributed by atoms with van der Waals surface area (Å²) in [6.45, 7) is 21.1. The highest BCUT2D eigenvalue weighted by atomic mass is 79.9. The van der Waals surface area contributed by atoms with Crippen molar-refractivity contribution in [3.63, 3.8) is 0 Å². The van der Waals surface area contributed by atoms with E-state index in [1.165, 1.54) is 0 Å². The van der Waals surface area contributed by atoms with Crippen molar-refractivity contribution in [2.24, 2.45) is 5.92 Å². The van der Waals surface area contributed by atoms with E-state index >= 15 is 0 Å². The lowest BCUT2D eigenvalue weighted by molar-refractivity contribution is -0.141. The van der Waals surface area contributed by atoms with Crippen molar-refractivity contribution in [1.29, 1.82) is 0 Å². The normalized spacial score (nSPS) is 11.2. The molecule has 0 saturated carbocycles. The molecule has 1 aromatic carbocycles. The highest BCUT2D eigenvalue weighted by molar-refractivity contribution is 9.14. The van der Waals surface area contributed by atoms with Crippen LogP contribution in [0.1, 0.15) is 84.1 Å². The van der Waals surface area contributed by atoms with E-state index in [4.69, 9.17) is 0 Å². The monoisotopic (exact) mass is 577 g/mol. The van der Waals surface area contributed by atoms with E-state index in [0.717, 1.165) is 27.2 Å². The van der Waals surface area contributed by atoms with Gasteiger partial charge in [-0.3, -0.25) is 14.4 Å². The molecule has 1 rings (SSSR count). The van der Waals surface area contributed by atoms with Gasteiger partial charge in [-0.2, -0.15) is 0 Å². The molecule has 1 aromatic rings. The number of carboxylic acids is 1. The van der Waals surface area contributed by atoms with Crippen LogP contribution in [0.15, 0.2) is 15.0 Å². The molecule has 0 spiro atoms. The third kappa shape index (κ3) is 9.99. The number of imide groups is 1. The van der Waals surface area contributed by atoms with Crippen LogP contribution in [0.3, 0.4) is 0 Å². The van der Waals surface area contributed by atoms with E-state index in [-0.39, 0.29) is 4.48 Å². The van der Waals surface area contributed by atoms with Gasteiger partial charge in [-0.25, -0.2) is 4.90 Å². The maximum absolute atomic E-state index is 12.7. The molecule has 0 aliphatic heterocycles. The number of aryl methyl sites for hydroxylation is 2. The Hall–Kier alpha value is -1.47. The molecule has 1 unspecified atom stereocenters. The fourth-order valence-corrected chi connectivity index (χ4v) is 3.37. The second kappa shape index (κ2) is 19.0. The Balaban J connectivity index is -0.00000129. The number of amides is 2. The maximum Gasteiger partial charge on any atom is 0.306 e. The number of carboxylic acid groups (broad SMARTS) is 1. The first kappa shape index (κ1) is 35.1. The number of nitrogens with zero attached hydrogens (tertiary/aromatic N) is 1. The molecule has 0 heterocycles. The molecule has 1 N–H and O–H groups in total. The van der Waals surface area contributed by atoms with Gasteiger partial charge < -0.3 is 5.11 Å². The molecule has 0 radical (unpaired) electrons. The molecule has 7 heteroatoms. The van der Waals surface area contributed by atoms with Gasteiger partial charge in [0.25, 0.3) is 5.91 Å². The van der Waals surface area contributed by atoms with Gasteiger partial charge in [0.15, 0.2) is 0 Å². The average Bonchev–Trinajstić information content (AvgIpc) is 2.79. The van der Waals surface area contributed by atoms with E-state index in [2.05, 4.69) is 31.9 Å². The van der Waals surface area contributed by atoms with Gasteiger partial charge in [0.05, 0.1) is 16.1 Å². The van der Waals surface area contributed by atoms with Crippen LogP contribution in [0.25, 0.3) is 0 Å². The standard InChI is InChI=1S/C19H23Br2NO4.3C2H6/c1-6-14(19(25)26)8-15-10(2)7-11(3)17(12(15)4)22(9-23)18(24)16(21)13(5)20;3*1-2/h7,9,14H,6,8H2,1-5H3,(H,25,26);3*1-2H3/b16-13-;;;. The molecule has 184 valence electrons. The largest absolute Gasteiger partial charge is 0.481 e. The van der Waals surface area contributed by atoms with E-state index in [9.17, 15) is 19.5 Å². The molecule has 0 fully saturated rings. The minimum Gasteiger partial charge on any atom is -0.481 e. The van der Waals surface area contributed by atoms with E-state index in [1.54, 1.807) is 6.92 Å². The molecule has 0 aliphatic carbocycles. The molecule has 0 saturated heterocycles. The zero-order chi connectivity index (χ0) is 26.2. The van der Waals surface area contributed by atoms with Gasteiger partial charge in [-0.1, -0.05) is 70.5 Å². The Morgan fingerprint density at radius 1 is 1.03 bits per heavy atom. The minimum absolute atomic E-state index is 0.252. The van der Waals surface area contributed by atoms with E-state index in [0.29, 0.717) is 29.4 Å². The molecule has 0 bridgehead atoms. The SMILES string of the molecule is CC.CC.CC.CCC(Cc1c(C)cc(C)c(N(C=O)C(=O)/C(Br)=C(\C)Br)c1C)C(=O)O. The van der Waals surface area contributed by atoms with Crippen molar-refractivity contribution in [2.45, 2.75) is 89.0 Å². The van der Waals surface area contributed by atoms with Crippen molar-refractivity contribution < 1.29 is 19.5 Å². The number of halogens is 2. The predicted octanol–water partition coefficient (Wildman–Crippen LogP) is 7.85. The highest BCUT2D eigenvalue weighted by Gasteiger charge is 2.26. The number of anilines is 1. The summed E-state index contributed by atoms with van der Waals surface area (Å²) in [6, 6.07) is 1.88. The van der Waals surface area contributed by atoms with Crippen molar-refractivity contribution in [1.82, 2.24) is 0 Å². The molecule has 2 amide bonds. The number of hydrogen-bond acceptors (Lipinski definition) is 3. The Bertz CT molecular complexity index is 770. The van der Waals surface area contributed by atoms with Crippen molar-refractivity contribution >= 4 is 55.8 Å². The predicted molar refractivity (Wildman–Crippen MR) is 144 cm³/mol. The molecular weight excluding hydrogens is 538 g/mol. The average molecular weight is 579 g/mol. The Kier molecular flexibility index (Phi) is 20.9. The van der Waals surface area contributed by atoms with Crippen molar-refractivity contribution in [2.75, 3.05) is 4.90 Å². The van der Waals surface area contributed by atoms with Crippen LogP contribution in [-0.2, 0) is 20.8 Å². The third-order valence-corrected chi connectivity index (χ3v) is 6.30. The summed E-state index contributed by atoms with van der Waals surface area (Å²) in [5, 5.41) is 9.38. The summed E-state index contributed by atoms with van der Waals surface area (Å²) in [4.78, 5) is 36.9. The number of rotatable bonds is 7. The van der Waals surface area contributed by atoms with Gasteiger partial charge in [0, 0.05) is 4.48 Å². The van der Waals surface area contributed by atoms with Gasteiger partial charge in [0.2, 0.25) is 6.41 Å². The fraction of sp³-hybridized carbons (Fsp3) is 0.560. The van der Waals surface area contributed by atoms with Crippen LogP contribution in [-0.4, -0.2) is 23.4 Å². The zero-order valence-electron chi connectivity index (χ0n) is 21.5. The summed E-state index contributed by atoms with van der Waals surface area (Å²) in [6.07, 6.45) is 1.35. The van der Waals surface area contributed by atoms with Gasteiger partial charge >= 0.3 is 5.97 Å². The zero-order valence-corrected chi connectivity index (χ0v) is 24.7. The second-order valence-electron chi connectivity index (χ2n) is 6.24. The number of aliphatic carboxylic acids is 1. The topological polar surface area (TPSA) is 74.7 Å². The minimum atomic E-state index is -0.850. The third-order valence-electron chi connectivity index (χ3n) is 4.44. The van der Waals surface area contributed by atoms with Crippen molar-refractivity contribution in [3.8, 4) is 0 Å². The lowest BCUT2D eigenvalue weighted by Crippen LogP contribution is -2.31. The fourth-order valence-electron chi connectivity index (χ4n) is 3.01. The molecular formula is C25H41Br2NO4. The van der Waals surface area contributed by atoms with Crippen LogP contribution in [0.2, 0.25) is 0 Å². The Labute approximate surface area is 211 Å². The van der Waals surface area contributed by atoms with E-state index in [1.807, 2.05) is 75.3 Å². The molecule has 1 atom stereocenters. The second-order valence-corrected chi connectivity index (χ2v) is 8.22. The number of carbonyl (C=O) groups excluding carboxylic acids is 2. The van der Waals surface area contributed by atoms with Crippen LogP contribution < -0.4 is 4.90 Å². The lowest BCUT2D eigenvalue weighted by atomic mass is 9.88. The molecule has 32 heavy (non-hydrogen) atoms. The summed E-state index contributed by atoms with van der Waals surface area (Å²) in [7, 11) is 0. The quantitative estimate of drug-likeness (QED) is 0.264. The summed E-state index contributed by atoms with van der Waals surface area (Å²) >= 11 is 6.44. The summed E-state index contributed by atoms with van der Waals surface area (Å²) < 4.78 is 0.830. The number of benzene rings is 1. The first-order chi connectivity index (χ1) is 15.1. The maximum atomic E-state index is 12.7.